The summed E-state index contributed by atoms with van der Waals surface area (Å²) in [7, 11) is 1.57. The molecule has 32 heavy (non-hydrogen) atoms. The van der Waals surface area contributed by atoms with Crippen molar-refractivity contribution in [1.29, 1.82) is 0 Å². The van der Waals surface area contributed by atoms with Crippen LogP contribution in [0.25, 0.3) is 0 Å². The fraction of sp³-hybridized carbons (Fsp3) is 0.269. The van der Waals surface area contributed by atoms with Crippen molar-refractivity contribution in [2.45, 2.75) is 32.3 Å². The van der Waals surface area contributed by atoms with Gasteiger partial charge >= 0.3 is 29.6 Å². The molecule has 1 heterocycles. The van der Waals surface area contributed by atoms with Crippen molar-refractivity contribution in [3.05, 3.63) is 83.4 Å². The zero-order chi connectivity index (χ0) is 21.6. The number of hydrogen-bond donors (Lipinski definition) is 0. The topological polar surface area (TPSA) is 61.8 Å². The minimum absolute atomic E-state index is 0. The molecule has 0 atom stereocenters. The van der Waals surface area contributed by atoms with E-state index in [1.54, 1.807) is 13.2 Å². The molecular formula is C26H26NNaO4. The fourth-order valence-corrected chi connectivity index (χ4v) is 4.01. The van der Waals surface area contributed by atoms with Gasteiger partial charge in [0.25, 0.3) is 0 Å². The number of benzene rings is 3. The second kappa shape index (κ2) is 11.4. The number of nitrogens with zero attached hydrogens (tertiary/aromatic N) is 1. The number of carbonyl (C=O) groups excluding carboxylic acids is 1. The molecule has 0 unspecified atom stereocenters. The van der Waals surface area contributed by atoms with E-state index < -0.39 is 5.97 Å². The third kappa shape index (κ3) is 5.85. The molecule has 6 heteroatoms. The number of carbonyl (C=O) groups is 1. The molecule has 3 aromatic carbocycles. The maximum atomic E-state index is 10.7. The van der Waals surface area contributed by atoms with E-state index in [2.05, 4.69) is 47.4 Å². The summed E-state index contributed by atoms with van der Waals surface area (Å²) in [5.41, 5.74) is 5.73. The molecule has 1 aliphatic heterocycles. The SMILES string of the molecule is COc1cc(OCc2ccc3c(c2)N(c2ccccc2)CCC3)ccc1CCC(=O)[O-].[Na+]. The standard InChI is InChI=1S/C26H27NO4.Na/c1-30-25-17-23(13-11-21(25)12-14-26(28)29)31-18-19-9-10-20-6-5-15-27(24(20)16-19)22-7-3-2-4-8-22;/h2-4,7-11,13,16-17H,5-6,12,14-15,18H2,1H3,(H,28,29);/q;+1/p-1. The summed E-state index contributed by atoms with van der Waals surface area (Å²) in [5, 5.41) is 10.7. The fourth-order valence-electron chi connectivity index (χ4n) is 4.01. The number of rotatable bonds is 8. The van der Waals surface area contributed by atoms with Crippen LogP contribution < -0.4 is 49.0 Å². The van der Waals surface area contributed by atoms with Crippen LogP contribution in [-0.2, 0) is 24.2 Å². The summed E-state index contributed by atoms with van der Waals surface area (Å²) in [6.45, 7) is 1.45. The Bertz CT molecular complexity index is 1050. The van der Waals surface area contributed by atoms with Crippen LogP contribution in [0, 0.1) is 0 Å². The van der Waals surface area contributed by atoms with Crippen molar-refractivity contribution in [2.24, 2.45) is 0 Å². The first-order valence-electron chi connectivity index (χ1n) is 10.6. The third-order valence-electron chi connectivity index (χ3n) is 5.60. The normalized spacial score (nSPS) is 12.5. The van der Waals surface area contributed by atoms with E-state index in [1.807, 2.05) is 18.2 Å². The number of carboxylic acids is 1. The van der Waals surface area contributed by atoms with E-state index >= 15 is 0 Å². The van der Waals surface area contributed by atoms with Gasteiger partial charge < -0.3 is 24.3 Å². The number of carboxylic acid groups (broad SMARTS) is 1. The van der Waals surface area contributed by atoms with E-state index in [0.29, 0.717) is 24.5 Å². The van der Waals surface area contributed by atoms with Crippen LogP contribution in [0.15, 0.2) is 66.7 Å². The number of aryl methyl sites for hydroxylation is 2. The molecule has 0 fully saturated rings. The summed E-state index contributed by atoms with van der Waals surface area (Å²) in [4.78, 5) is 13.1. The van der Waals surface area contributed by atoms with Gasteiger partial charge in [-0.3, -0.25) is 0 Å². The van der Waals surface area contributed by atoms with Gasteiger partial charge in [-0.05, 0) is 66.6 Å². The Morgan fingerprint density at radius 2 is 1.88 bits per heavy atom. The van der Waals surface area contributed by atoms with Crippen LogP contribution in [0.4, 0.5) is 11.4 Å². The number of ether oxygens (including phenoxy) is 2. The maximum absolute atomic E-state index is 10.7. The van der Waals surface area contributed by atoms with E-state index in [4.69, 9.17) is 9.47 Å². The Morgan fingerprint density at radius 1 is 1.06 bits per heavy atom. The Hall–Kier alpha value is -2.47. The smallest absolute Gasteiger partial charge is 0.550 e. The van der Waals surface area contributed by atoms with E-state index in [-0.39, 0.29) is 36.0 Å². The zero-order valence-corrected chi connectivity index (χ0v) is 20.7. The molecular weight excluding hydrogens is 413 g/mol. The first-order chi connectivity index (χ1) is 15.1. The molecule has 160 valence electrons. The molecule has 3 aromatic rings. The third-order valence-corrected chi connectivity index (χ3v) is 5.60. The monoisotopic (exact) mass is 439 g/mol. The Labute approximate surface area is 211 Å². The largest absolute Gasteiger partial charge is 1.00 e. The number of aliphatic carboxylic acids is 1. The van der Waals surface area contributed by atoms with Crippen LogP contribution in [-0.4, -0.2) is 19.6 Å². The second-order valence-corrected chi connectivity index (χ2v) is 7.69. The average Bonchev–Trinajstić information content (AvgIpc) is 2.81. The molecule has 0 N–H and O–H groups in total. The van der Waals surface area contributed by atoms with E-state index in [0.717, 1.165) is 30.5 Å². The quantitative estimate of drug-likeness (QED) is 0.491. The molecule has 0 radical (unpaired) electrons. The van der Waals surface area contributed by atoms with Gasteiger partial charge in [0.15, 0.2) is 0 Å². The molecule has 0 saturated carbocycles. The van der Waals surface area contributed by atoms with Gasteiger partial charge in [0.1, 0.15) is 18.1 Å². The Morgan fingerprint density at radius 3 is 2.62 bits per heavy atom. The molecule has 0 saturated heterocycles. The summed E-state index contributed by atoms with van der Waals surface area (Å²) in [6, 6.07) is 22.5. The maximum Gasteiger partial charge on any atom is 1.00 e. The molecule has 0 aliphatic carbocycles. The van der Waals surface area contributed by atoms with Crippen LogP contribution in [0.5, 0.6) is 11.5 Å². The van der Waals surface area contributed by atoms with Crippen molar-refractivity contribution < 1.29 is 48.9 Å². The minimum Gasteiger partial charge on any atom is -0.550 e. The van der Waals surface area contributed by atoms with E-state index in [1.165, 1.54) is 16.9 Å². The van der Waals surface area contributed by atoms with Gasteiger partial charge in [-0.25, -0.2) is 0 Å². The van der Waals surface area contributed by atoms with Crippen molar-refractivity contribution in [3.63, 3.8) is 0 Å². The van der Waals surface area contributed by atoms with Crippen LogP contribution in [0.3, 0.4) is 0 Å². The van der Waals surface area contributed by atoms with Crippen molar-refractivity contribution >= 4 is 17.3 Å². The molecule has 0 aromatic heterocycles. The van der Waals surface area contributed by atoms with Gasteiger partial charge in [0.05, 0.1) is 7.11 Å². The summed E-state index contributed by atoms with van der Waals surface area (Å²) < 4.78 is 11.4. The van der Waals surface area contributed by atoms with Gasteiger partial charge in [0.2, 0.25) is 0 Å². The predicted molar refractivity (Wildman–Crippen MR) is 119 cm³/mol. The number of hydrogen-bond acceptors (Lipinski definition) is 5. The van der Waals surface area contributed by atoms with Gasteiger partial charge in [-0.1, -0.05) is 36.4 Å². The van der Waals surface area contributed by atoms with Crippen LogP contribution in [0.1, 0.15) is 29.5 Å². The van der Waals surface area contributed by atoms with Crippen LogP contribution in [0.2, 0.25) is 0 Å². The molecule has 0 spiro atoms. The number of methoxy groups -OCH3 is 1. The predicted octanol–water partition coefficient (Wildman–Crippen LogP) is 1.04. The van der Waals surface area contributed by atoms with E-state index in [9.17, 15) is 9.90 Å². The van der Waals surface area contributed by atoms with Crippen molar-refractivity contribution in [1.82, 2.24) is 0 Å². The second-order valence-electron chi connectivity index (χ2n) is 7.69. The summed E-state index contributed by atoms with van der Waals surface area (Å²) in [5.74, 6) is 0.241. The van der Waals surface area contributed by atoms with Crippen LogP contribution >= 0.6 is 0 Å². The molecule has 0 amide bonds. The van der Waals surface area contributed by atoms with Gasteiger partial charge in [-0.2, -0.15) is 0 Å². The number of para-hydroxylation sites is 1. The first-order valence-corrected chi connectivity index (χ1v) is 10.6. The number of anilines is 2. The van der Waals surface area contributed by atoms with Crippen molar-refractivity contribution in [2.75, 3.05) is 18.6 Å². The van der Waals surface area contributed by atoms with Gasteiger partial charge in [0, 0.05) is 30.0 Å². The Balaban J connectivity index is 0.00000289. The van der Waals surface area contributed by atoms with Gasteiger partial charge in [-0.15, -0.1) is 0 Å². The zero-order valence-electron chi connectivity index (χ0n) is 18.7. The summed E-state index contributed by atoms with van der Waals surface area (Å²) >= 11 is 0. The molecule has 0 bridgehead atoms. The molecule has 4 rings (SSSR count). The molecule has 1 aliphatic rings. The number of fused-ring (bicyclic) bond motifs is 1. The minimum atomic E-state index is -1.07. The first kappa shape index (κ1) is 24.2. The average molecular weight is 439 g/mol. The summed E-state index contributed by atoms with van der Waals surface area (Å²) in [6.07, 6.45) is 2.56. The van der Waals surface area contributed by atoms with Crippen molar-refractivity contribution in [3.8, 4) is 11.5 Å². The Kier molecular flexibility index (Phi) is 8.62. The molecule has 5 nitrogen and oxygen atoms in total.